The Morgan fingerprint density at radius 1 is 1.19 bits per heavy atom. The van der Waals surface area contributed by atoms with Crippen molar-refractivity contribution in [1.82, 2.24) is 9.55 Å². The fraction of sp³-hybridized carbons (Fsp3) is 0.333. The molecule has 2 heterocycles. The lowest BCUT2D eigenvalue weighted by Gasteiger charge is -2.15. The quantitative estimate of drug-likeness (QED) is 0.286. The third kappa shape index (κ3) is 4.97. The van der Waals surface area contributed by atoms with Crippen molar-refractivity contribution in [3.8, 4) is 16.3 Å². The van der Waals surface area contributed by atoms with Gasteiger partial charge in [0.1, 0.15) is 10.8 Å². The van der Waals surface area contributed by atoms with Crippen molar-refractivity contribution in [2.75, 3.05) is 6.61 Å². The fourth-order valence-corrected chi connectivity index (χ4v) is 5.99. The van der Waals surface area contributed by atoms with E-state index < -0.39 is 17.7 Å². The van der Waals surface area contributed by atoms with E-state index in [1.807, 2.05) is 36.0 Å². The van der Waals surface area contributed by atoms with Gasteiger partial charge in [-0.3, -0.25) is 4.79 Å². The van der Waals surface area contributed by atoms with Crippen molar-refractivity contribution in [1.29, 1.82) is 0 Å². The van der Waals surface area contributed by atoms with E-state index in [0.29, 0.717) is 17.9 Å². The molecule has 1 aliphatic rings. The Balaban J connectivity index is 1.35. The van der Waals surface area contributed by atoms with Crippen molar-refractivity contribution in [3.63, 3.8) is 0 Å². The first kappa shape index (κ1) is 24.4. The van der Waals surface area contributed by atoms with Crippen LogP contribution in [0.2, 0.25) is 0 Å². The van der Waals surface area contributed by atoms with Crippen LogP contribution in [0.4, 0.5) is 13.2 Å². The van der Waals surface area contributed by atoms with Gasteiger partial charge in [-0.2, -0.15) is 13.2 Å². The van der Waals surface area contributed by atoms with Crippen molar-refractivity contribution in [2.45, 2.75) is 44.2 Å². The zero-order valence-electron chi connectivity index (χ0n) is 19.6. The third-order valence-corrected chi connectivity index (χ3v) is 7.80. The first-order chi connectivity index (χ1) is 17.2. The fourth-order valence-electron chi connectivity index (χ4n) is 4.80. The zero-order valence-corrected chi connectivity index (χ0v) is 20.5. The number of halogens is 3. The highest BCUT2D eigenvalue weighted by atomic mass is 32.1. The Morgan fingerprint density at radius 3 is 2.69 bits per heavy atom. The summed E-state index contributed by atoms with van der Waals surface area (Å²) in [7, 11) is 1.88. The van der Waals surface area contributed by atoms with Crippen LogP contribution >= 0.6 is 11.3 Å². The summed E-state index contributed by atoms with van der Waals surface area (Å²) in [6, 6.07) is 10.9. The molecule has 1 N–H and O–H groups in total. The number of benzene rings is 2. The van der Waals surface area contributed by atoms with Crippen LogP contribution in [0.25, 0.3) is 21.5 Å². The van der Waals surface area contributed by atoms with Gasteiger partial charge in [0.25, 0.3) is 0 Å². The maximum Gasteiger partial charge on any atom is 0.416 e. The Hall–Kier alpha value is -3.33. The van der Waals surface area contributed by atoms with Crippen LogP contribution in [0.3, 0.4) is 0 Å². The van der Waals surface area contributed by atoms with E-state index in [4.69, 9.17) is 14.8 Å². The number of alkyl halides is 3. The van der Waals surface area contributed by atoms with Gasteiger partial charge in [0.15, 0.2) is 0 Å². The van der Waals surface area contributed by atoms with Crippen LogP contribution in [0.5, 0.6) is 5.75 Å². The minimum Gasteiger partial charge on any atom is -0.493 e. The lowest BCUT2D eigenvalue weighted by Crippen LogP contribution is -2.11. The van der Waals surface area contributed by atoms with Crippen LogP contribution in [0, 0.1) is 0 Å². The molecule has 5 nitrogen and oxygen atoms in total. The summed E-state index contributed by atoms with van der Waals surface area (Å²) in [4.78, 5) is 17.2. The number of carboxylic acid groups (broad SMARTS) is 1. The van der Waals surface area contributed by atoms with Crippen LogP contribution in [-0.4, -0.2) is 27.2 Å². The highest BCUT2D eigenvalue weighted by molar-refractivity contribution is 7.15. The van der Waals surface area contributed by atoms with Gasteiger partial charge in [-0.15, -0.1) is 11.3 Å². The standard InChI is InChI=1S/C27H25F3N2O3S/c1-32-14-18(12-24(33)34)21-11-10-20(13-22(21)32)35-15-17-4-2-3-5-23-25(17)31-26(36-23)16-6-8-19(9-7-16)27(28,29)30/h6-11,13-14,17H,2-5,12,15H2,1H3,(H,33,34). The van der Waals surface area contributed by atoms with Gasteiger partial charge in [-0.05, 0) is 49.1 Å². The number of aryl methyl sites for hydroxylation is 2. The molecule has 4 aromatic rings. The number of ether oxygens (including phenoxy) is 1. The van der Waals surface area contributed by atoms with Crippen molar-refractivity contribution < 1.29 is 27.8 Å². The minimum absolute atomic E-state index is 0.0342. The minimum atomic E-state index is -4.36. The molecule has 0 saturated carbocycles. The molecule has 0 aliphatic heterocycles. The van der Waals surface area contributed by atoms with Gasteiger partial charge in [-0.25, -0.2) is 4.98 Å². The molecule has 9 heteroatoms. The number of nitrogens with zero attached hydrogens (tertiary/aromatic N) is 2. The van der Waals surface area contributed by atoms with Crippen molar-refractivity contribution in [3.05, 3.63) is 70.4 Å². The molecule has 1 unspecified atom stereocenters. The third-order valence-electron chi connectivity index (χ3n) is 6.62. The number of hydrogen-bond acceptors (Lipinski definition) is 4. The number of aromatic nitrogens is 2. The van der Waals surface area contributed by atoms with Gasteiger partial charge >= 0.3 is 12.1 Å². The summed E-state index contributed by atoms with van der Waals surface area (Å²) in [6.45, 7) is 0.446. The summed E-state index contributed by atoms with van der Waals surface area (Å²) >= 11 is 1.55. The van der Waals surface area contributed by atoms with E-state index in [-0.39, 0.29) is 12.3 Å². The molecule has 5 rings (SSSR count). The molecule has 188 valence electrons. The zero-order chi connectivity index (χ0) is 25.4. The van der Waals surface area contributed by atoms with Gasteiger partial charge in [0.05, 0.1) is 29.8 Å². The molecule has 0 fully saturated rings. The molecule has 2 aromatic heterocycles. The molecule has 0 radical (unpaired) electrons. The van der Waals surface area contributed by atoms with Crippen LogP contribution < -0.4 is 4.74 Å². The van der Waals surface area contributed by atoms with Crippen LogP contribution in [0.1, 0.15) is 46.9 Å². The number of rotatable bonds is 6. The Morgan fingerprint density at radius 2 is 1.97 bits per heavy atom. The Bertz CT molecular complexity index is 1410. The molecule has 36 heavy (non-hydrogen) atoms. The lowest BCUT2D eigenvalue weighted by molar-refractivity contribution is -0.138. The SMILES string of the molecule is Cn1cc(CC(=O)O)c2ccc(OCC3CCCCc4sc(-c5ccc(C(F)(F)F)cc5)nc43)cc21. The molecule has 1 atom stereocenters. The number of thiazole rings is 1. The average Bonchev–Trinajstić information content (AvgIpc) is 3.32. The second kappa shape index (κ2) is 9.61. The summed E-state index contributed by atoms with van der Waals surface area (Å²) in [5, 5.41) is 10.8. The molecule has 0 saturated heterocycles. The molecule has 0 amide bonds. The highest BCUT2D eigenvalue weighted by Gasteiger charge is 2.30. The molecule has 0 bridgehead atoms. The molecule has 1 aliphatic carbocycles. The smallest absolute Gasteiger partial charge is 0.416 e. The van der Waals surface area contributed by atoms with Gasteiger partial charge in [0.2, 0.25) is 0 Å². The molecule has 2 aromatic carbocycles. The topological polar surface area (TPSA) is 64.4 Å². The average molecular weight is 515 g/mol. The number of aliphatic carboxylic acids is 1. The van der Waals surface area contributed by atoms with E-state index in [0.717, 1.165) is 65.0 Å². The summed E-state index contributed by atoms with van der Waals surface area (Å²) < 4.78 is 46.9. The van der Waals surface area contributed by atoms with Crippen molar-refractivity contribution >= 4 is 28.2 Å². The van der Waals surface area contributed by atoms with E-state index in [1.165, 1.54) is 17.0 Å². The lowest BCUT2D eigenvalue weighted by atomic mass is 10.0. The van der Waals surface area contributed by atoms with Crippen molar-refractivity contribution in [2.24, 2.45) is 7.05 Å². The predicted molar refractivity (Wildman–Crippen MR) is 133 cm³/mol. The summed E-state index contributed by atoms with van der Waals surface area (Å²) in [5.74, 6) is -0.0749. The maximum atomic E-state index is 12.9. The summed E-state index contributed by atoms with van der Waals surface area (Å²) in [6.07, 6.45) is 1.37. The first-order valence-corrected chi connectivity index (χ1v) is 12.6. The Kier molecular flexibility index (Phi) is 6.51. The van der Waals surface area contributed by atoms with E-state index >= 15 is 0 Å². The number of carbonyl (C=O) groups is 1. The molecule has 0 spiro atoms. The van der Waals surface area contributed by atoms with Gasteiger partial charge in [-0.1, -0.05) is 18.6 Å². The van der Waals surface area contributed by atoms with Gasteiger partial charge < -0.3 is 14.4 Å². The number of fused-ring (bicyclic) bond motifs is 2. The second-order valence-electron chi connectivity index (χ2n) is 9.17. The number of carboxylic acids is 1. The predicted octanol–water partition coefficient (Wildman–Crippen LogP) is 6.84. The maximum absolute atomic E-state index is 12.9. The monoisotopic (exact) mass is 514 g/mol. The molecular formula is C27H25F3N2O3S. The van der Waals surface area contributed by atoms with E-state index in [9.17, 15) is 18.0 Å². The van der Waals surface area contributed by atoms with Crippen LogP contribution in [-0.2, 0) is 30.9 Å². The first-order valence-electron chi connectivity index (χ1n) is 11.8. The van der Waals surface area contributed by atoms with E-state index in [2.05, 4.69) is 0 Å². The van der Waals surface area contributed by atoms with Crippen LogP contribution in [0.15, 0.2) is 48.7 Å². The second-order valence-corrected chi connectivity index (χ2v) is 10.3. The Labute approximate surface area is 210 Å². The van der Waals surface area contributed by atoms with E-state index in [1.54, 1.807) is 11.3 Å². The number of hydrogen-bond donors (Lipinski definition) is 1. The molecular weight excluding hydrogens is 489 g/mol. The highest BCUT2D eigenvalue weighted by Crippen LogP contribution is 2.39. The summed E-state index contributed by atoms with van der Waals surface area (Å²) in [5.41, 5.74) is 2.67. The van der Waals surface area contributed by atoms with Gasteiger partial charge in [0, 0.05) is 41.1 Å². The largest absolute Gasteiger partial charge is 0.493 e. The normalized spacial score (nSPS) is 16.1.